The molecule has 2 fully saturated rings. The number of methoxy groups -OCH3 is 1. The van der Waals surface area contributed by atoms with Crippen LogP contribution in [0.3, 0.4) is 0 Å². The minimum absolute atomic E-state index is 0.0247. The Morgan fingerprint density at radius 3 is 2.64 bits per heavy atom. The number of carbonyl (C=O) groups excluding carboxylic acids is 3. The average molecular weight is 386 g/mol. The predicted molar refractivity (Wildman–Crippen MR) is 103 cm³/mol. The summed E-state index contributed by atoms with van der Waals surface area (Å²) in [6.07, 6.45) is 8.79. The standard InChI is InChI=1S/C23H30O5/c1-13(24)28-15-7-9-22(2)14(11-15)12-16(21(26)27-4)20-17-5-6-19(25)23(17,3)10-8-18(20)22/h8,12,15-17,20H,5-7,9-11H2,1-4H3. The highest BCUT2D eigenvalue weighted by atomic mass is 16.5. The van der Waals surface area contributed by atoms with Gasteiger partial charge in [0.2, 0.25) is 0 Å². The van der Waals surface area contributed by atoms with Crippen LogP contribution in [0.2, 0.25) is 0 Å². The van der Waals surface area contributed by atoms with Crippen molar-refractivity contribution in [3.8, 4) is 0 Å². The van der Waals surface area contributed by atoms with E-state index in [1.54, 1.807) is 0 Å². The summed E-state index contributed by atoms with van der Waals surface area (Å²) >= 11 is 0. The molecule has 4 rings (SSSR count). The van der Waals surface area contributed by atoms with Crippen LogP contribution in [0.15, 0.2) is 23.3 Å². The van der Waals surface area contributed by atoms with Gasteiger partial charge in [-0.15, -0.1) is 0 Å². The highest BCUT2D eigenvalue weighted by Crippen LogP contribution is 2.63. The Kier molecular flexibility index (Phi) is 4.55. The molecule has 0 N–H and O–H groups in total. The highest BCUT2D eigenvalue weighted by Gasteiger charge is 2.59. The first kappa shape index (κ1) is 19.4. The zero-order valence-corrected chi connectivity index (χ0v) is 17.2. The van der Waals surface area contributed by atoms with Crippen molar-refractivity contribution < 1.29 is 23.9 Å². The van der Waals surface area contributed by atoms with E-state index in [-0.39, 0.29) is 46.6 Å². The number of allylic oxidation sites excluding steroid dienone is 2. The van der Waals surface area contributed by atoms with E-state index in [1.165, 1.54) is 25.2 Å². The number of fused-ring (bicyclic) bond motifs is 5. The van der Waals surface area contributed by atoms with Gasteiger partial charge in [-0.25, -0.2) is 0 Å². The molecule has 2 saturated carbocycles. The molecule has 4 aliphatic carbocycles. The summed E-state index contributed by atoms with van der Waals surface area (Å²) in [6, 6.07) is 0. The lowest BCUT2D eigenvalue weighted by Crippen LogP contribution is -2.49. The first-order valence-electron chi connectivity index (χ1n) is 10.4. The zero-order valence-electron chi connectivity index (χ0n) is 17.2. The van der Waals surface area contributed by atoms with Gasteiger partial charge < -0.3 is 9.47 Å². The van der Waals surface area contributed by atoms with Crippen molar-refractivity contribution >= 4 is 17.7 Å². The highest BCUT2D eigenvalue weighted by molar-refractivity contribution is 5.88. The molecule has 28 heavy (non-hydrogen) atoms. The number of esters is 2. The number of hydrogen-bond donors (Lipinski definition) is 0. The molecule has 0 aliphatic heterocycles. The van der Waals surface area contributed by atoms with E-state index in [0.717, 1.165) is 25.7 Å². The Hall–Kier alpha value is -1.91. The number of carbonyl (C=O) groups is 3. The summed E-state index contributed by atoms with van der Waals surface area (Å²) in [5, 5.41) is 0. The third kappa shape index (κ3) is 2.69. The number of ketones is 1. The van der Waals surface area contributed by atoms with E-state index in [2.05, 4.69) is 26.0 Å². The number of ether oxygens (including phenoxy) is 2. The van der Waals surface area contributed by atoms with E-state index in [9.17, 15) is 14.4 Å². The quantitative estimate of drug-likeness (QED) is 0.534. The van der Waals surface area contributed by atoms with Crippen LogP contribution >= 0.6 is 0 Å². The maximum Gasteiger partial charge on any atom is 0.313 e. The van der Waals surface area contributed by atoms with Crippen molar-refractivity contribution in [2.24, 2.45) is 28.6 Å². The van der Waals surface area contributed by atoms with Gasteiger partial charge in [-0.1, -0.05) is 37.1 Å². The summed E-state index contributed by atoms with van der Waals surface area (Å²) in [6.45, 7) is 5.78. The van der Waals surface area contributed by atoms with E-state index >= 15 is 0 Å². The van der Waals surface area contributed by atoms with Crippen LogP contribution in [-0.2, 0) is 23.9 Å². The van der Waals surface area contributed by atoms with E-state index in [4.69, 9.17) is 9.47 Å². The second-order valence-electron chi connectivity index (χ2n) is 9.42. The fourth-order valence-corrected chi connectivity index (χ4v) is 6.42. The smallest absolute Gasteiger partial charge is 0.313 e. The molecule has 0 heterocycles. The second kappa shape index (κ2) is 6.57. The van der Waals surface area contributed by atoms with Crippen LogP contribution < -0.4 is 0 Å². The van der Waals surface area contributed by atoms with E-state index in [1.807, 2.05) is 0 Å². The Bertz CT molecular complexity index is 793. The van der Waals surface area contributed by atoms with Crippen LogP contribution in [0, 0.1) is 28.6 Å². The van der Waals surface area contributed by atoms with Gasteiger partial charge in [0.25, 0.3) is 0 Å². The molecular formula is C23H30O5. The predicted octanol–water partition coefficient (Wildman–Crippen LogP) is 3.77. The maximum absolute atomic E-state index is 12.8. The Balaban J connectivity index is 1.78. The van der Waals surface area contributed by atoms with Gasteiger partial charge in [-0.05, 0) is 31.6 Å². The Morgan fingerprint density at radius 1 is 1.21 bits per heavy atom. The third-order valence-corrected chi connectivity index (χ3v) is 8.01. The zero-order chi connectivity index (χ0) is 20.3. The lowest BCUT2D eigenvalue weighted by molar-refractivity contribution is -0.149. The van der Waals surface area contributed by atoms with Crippen molar-refractivity contribution in [3.05, 3.63) is 23.3 Å². The van der Waals surface area contributed by atoms with Gasteiger partial charge in [0.15, 0.2) is 0 Å². The third-order valence-electron chi connectivity index (χ3n) is 8.01. The van der Waals surface area contributed by atoms with Crippen LogP contribution in [-0.4, -0.2) is 30.9 Å². The molecule has 6 atom stereocenters. The first-order chi connectivity index (χ1) is 13.2. The van der Waals surface area contributed by atoms with Crippen molar-refractivity contribution in [2.75, 3.05) is 7.11 Å². The van der Waals surface area contributed by atoms with Crippen molar-refractivity contribution in [2.45, 2.75) is 65.4 Å². The topological polar surface area (TPSA) is 69.7 Å². The Morgan fingerprint density at radius 2 is 1.96 bits per heavy atom. The molecule has 0 bridgehead atoms. The van der Waals surface area contributed by atoms with Crippen molar-refractivity contribution in [1.82, 2.24) is 0 Å². The van der Waals surface area contributed by atoms with Crippen LogP contribution in [0.25, 0.3) is 0 Å². The molecule has 0 amide bonds. The van der Waals surface area contributed by atoms with Gasteiger partial charge in [0, 0.05) is 36.5 Å². The van der Waals surface area contributed by atoms with Gasteiger partial charge in [0.1, 0.15) is 11.9 Å². The number of hydrogen-bond acceptors (Lipinski definition) is 5. The largest absolute Gasteiger partial charge is 0.469 e. The van der Waals surface area contributed by atoms with Gasteiger partial charge in [-0.2, -0.15) is 0 Å². The number of rotatable bonds is 2. The normalized spacial score (nSPS) is 41.8. The molecule has 0 aromatic rings. The molecule has 0 spiro atoms. The lowest BCUT2D eigenvalue weighted by Gasteiger charge is -2.54. The molecule has 4 aliphatic rings. The first-order valence-corrected chi connectivity index (χ1v) is 10.4. The molecule has 0 radical (unpaired) electrons. The summed E-state index contributed by atoms with van der Waals surface area (Å²) in [5.74, 6) is -0.324. The van der Waals surface area contributed by atoms with Crippen molar-refractivity contribution in [3.63, 3.8) is 0 Å². The van der Waals surface area contributed by atoms with Crippen LogP contribution in [0.1, 0.15) is 59.3 Å². The fourth-order valence-electron chi connectivity index (χ4n) is 6.42. The van der Waals surface area contributed by atoms with Gasteiger partial charge in [-0.3, -0.25) is 14.4 Å². The summed E-state index contributed by atoms with van der Waals surface area (Å²) in [7, 11) is 1.43. The van der Waals surface area contributed by atoms with Gasteiger partial charge in [0.05, 0.1) is 13.0 Å². The maximum atomic E-state index is 12.8. The fraction of sp³-hybridized carbons (Fsp3) is 0.696. The molecule has 0 aromatic heterocycles. The van der Waals surface area contributed by atoms with Crippen molar-refractivity contribution in [1.29, 1.82) is 0 Å². The monoisotopic (exact) mass is 386 g/mol. The average Bonchev–Trinajstić information content (AvgIpc) is 2.95. The second-order valence-corrected chi connectivity index (χ2v) is 9.42. The molecule has 0 aromatic carbocycles. The SMILES string of the molecule is COC(=O)C1C=C2CC(OC(C)=O)CCC2(C)C2=CCC3(C)C(=O)CCC3C21. The van der Waals surface area contributed by atoms with Gasteiger partial charge >= 0.3 is 11.9 Å². The molecule has 152 valence electrons. The molecule has 0 saturated heterocycles. The lowest BCUT2D eigenvalue weighted by atomic mass is 9.50. The summed E-state index contributed by atoms with van der Waals surface area (Å²) < 4.78 is 10.7. The minimum Gasteiger partial charge on any atom is -0.469 e. The summed E-state index contributed by atoms with van der Waals surface area (Å²) in [5.41, 5.74) is 1.99. The number of Topliss-reactive ketones (excluding diaryl/α,β-unsaturated/α-hetero) is 1. The van der Waals surface area contributed by atoms with Crippen LogP contribution in [0.4, 0.5) is 0 Å². The van der Waals surface area contributed by atoms with Crippen LogP contribution in [0.5, 0.6) is 0 Å². The molecule has 5 nitrogen and oxygen atoms in total. The van der Waals surface area contributed by atoms with E-state index in [0.29, 0.717) is 18.6 Å². The van der Waals surface area contributed by atoms with E-state index < -0.39 is 0 Å². The minimum atomic E-state index is -0.370. The molecular weight excluding hydrogens is 356 g/mol. The molecule has 5 heteroatoms. The Labute approximate surface area is 166 Å². The summed E-state index contributed by atoms with van der Waals surface area (Å²) in [4.78, 5) is 36.9. The molecule has 6 unspecified atom stereocenters.